The lowest BCUT2D eigenvalue weighted by Gasteiger charge is -2.16. The quantitative estimate of drug-likeness (QED) is 0.264. The fraction of sp³-hybridized carbons (Fsp3) is 0.125. The molecule has 0 saturated heterocycles. The van der Waals surface area contributed by atoms with E-state index in [2.05, 4.69) is 121 Å². The lowest BCUT2D eigenvalue weighted by atomic mass is 9.99. The van der Waals surface area contributed by atoms with Crippen molar-refractivity contribution in [2.45, 2.75) is 25.7 Å². The van der Waals surface area contributed by atoms with Gasteiger partial charge in [0.25, 0.3) is 0 Å². The van der Waals surface area contributed by atoms with Crippen molar-refractivity contribution < 1.29 is 0 Å². The Morgan fingerprint density at radius 1 is 0.294 bits per heavy atom. The Morgan fingerprint density at radius 2 is 0.500 bits per heavy atom. The second-order valence-corrected chi connectivity index (χ2v) is 8.66. The molecule has 0 atom stereocenters. The third kappa shape index (κ3) is 5.65. The highest BCUT2D eigenvalue weighted by Crippen LogP contribution is 2.21. The average Bonchev–Trinajstić information content (AvgIpc) is 2.89. The second kappa shape index (κ2) is 10.7. The van der Waals surface area contributed by atoms with Gasteiger partial charge in [-0.25, -0.2) is 0 Å². The number of benzene rings is 4. The first-order chi connectivity index (χ1) is 16.8. The van der Waals surface area contributed by atoms with E-state index in [1.54, 1.807) is 0 Å². The highest BCUT2D eigenvalue weighted by molar-refractivity contribution is 5.35. The molecule has 1 heterocycles. The Morgan fingerprint density at radius 3 is 0.706 bits per heavy atom. The molecule has 166 valence electrons. The summed E-state index contributed by atoms with van der Waals surface area (Å²) in [5.74, 6) is 0. The van der Waals surface area contributed by atoms with Gasteiger partial charge in [0.1, 0.15) is 0 Å². The fourth-order valence-corrected chi connectivity index (χ4v) is 4.31. The van der Waals surface area contributed by atoms with Crippen LogP contribution in [0.15, 0.2) is 121 Å². The van der Waals surface area contributed by atoms with E-state index in [1.807, 2.05) is 0 Å². The highest BCUT2D eigenvalue weighted by Gasteiger charge is 2.16. The van der Waals surface area contributed by atoms with Crippen molar-refractivity contribution in [3.8, 4) is 0 Å². The molecule has 0 amide bonds. The van der Waals surface area contributed by atoms with E-state index in [-0.39, 0.29) is 0 Å². The van der Waals surface area contributed by atoms with Crippen molar-refractivity contribution in [3.63, 3.8) is 0 Å². The normalized spacial score (nSPS) is 10.8. The SMILES string of the molecule is c1ccc(Cc2nc(Cc3ccccc3)c(Cc3ccccc3)nc2Cc2ccccc2)cc1. The van der Waals surface area contributed by atoms with Gasteiger partial charge < -0.3 is 0 Å². The molecular weight excluding hydrogens is 412 g/mol. The van der Waals surface area contributed by atoms with Crippen molar-refractivity contribution in [2.75, 3.05) is 0 Å². The van der Waals surface area contributed by atoms with Crippen molar-refractivity contribution in [2.24, 2.45) is 0 Å². The summed E-state index contributed by atoms with van der Waals surface area (Å²) in [6.07, 6.45) is 3.12. The van der Waals surface area contributed by atoms with Crippen LogP contribution in [0.5, 0.6) is 0 Å². The standard InChI is InChI=1S/C32H28N2/c1-5-13-25(14-6-1)21-29-30(22-26-15-7-2-8-16-26)34-32(24-28-19-11-4-12-20-28)31(33-29)23-27-17-9-3-10-18-27/h1-20H,21-24H2. The van der Waals surface area contributed by atoms with Crippen LogP contribution in [0.3, 0.4) is 0 Å². The van der Waals surface area contributed by atoms with Gasteiger partial charge in [0.15, 0.2) is 0 Å². The van der Waals surface area contributed by atoms with Crippen molar-refractivity contribution in [1.82, 2.24) is 9.97 Å². The molecule has 2 nitrogen and oxygen atoms in total. The molecule has 0 bridgehead atoms. The summed E-state index contributed by atoms with van der Waals surface area (Å²) in [7, 11) is 0. The molecule has 0 aliphatic heterocycles. The Hall–Kier alpha value is -4.04. The van der Waals surface area contributed by atoms with E-state index in [9.17, 15) is 0 Å². The van der Waals surface area contributed by atoms with Crippen LogP contribution in [-0.4, -0.2) is 9.97 Å². The zero-order chi connectivity index (χ0) is 23.0. The lowest BCUT2D eigenvalue weighted by Crippen LogP contribution is -2.12. The van der Waals surface area contributed by atoms with Crippen LogP contribution < -0.4 is 0 Å². The van der Waals surface area contributed by atoms with Crippen LogP contribution in [-0.2, 0) is 25.7 Å². The number of hydrogen-bond acceptors (Lipinski definition) is 2. The smallest absolute Gasteiger partial charge is 0.0669 e. The molecule has 0 radical (unpaired) electrons. The summed E-state index contributed by atoms with van der Waals surface area (Å²) < 4.78 is 0. The minimum atomic E-state index is 0.781. The zero-order valence-corrected chi connectivity index (χ0v) is 19.3. The molecule has 2 heteroatoms. The van der Waals surface area contributed by atoms with E-state index >= 15 is 0 Å². The molecule has 5 aromatic rings. The van der Waals surface area contributed by atoms with Gasteiger partial charge in [-0.3, -0.25) is 9.97 Å². The molecule has 0 unspecified atom stereocenters. The van der Waals surface area contributed by atoms with Crippen LogP contribution in [0.2, 0.25) is 0 Å². The highest BCUT2D eigenvalue weighted by atomic mass is 14.8. The third-order valence-electron chi connectivity index (χ3n) is 6.06. The first kappa shape index (κ1) is 21.8. The molecule has 0 fully saturated rings. The predicted octanol–water partition coefficient (Wildman–Crippen LogP) is 6.84. The minimum Gasteiger partial charge on any atom is -0.253 e. The van der Waals surface area contributed by atoms with E-state index < -0.39 is 0 Å². The van der Waals surface area contributed by atoms with Gasteiger partial charge in [0.2, 0.25) is 0 Å². The number of nitrogens with zero attached hydrogens (tertiary/aromatic N) is 2. The van der Waals surface area contributed by atoms with Crippen molar-refractivity contribution in [1.29, 1.82) is 0 Å². The number of hydrogen-bond donors (Lipinski definition) is 0. The molecule has 0 N–H and O–H groups in total. The molecule has 4 aromatic carbocycles. The van der Waals surface area contributed by atoms with E-state index in [4.69, 9.17) is 9.97 Å². The van der Waals surface area contributed by atoms with Crippen LogP contribution in [0, 0.1) is 0 Å². The molecule has 34 heavy (non-hydrogen) atoms. The summed E-state index contributed by atoms with van der Waals surface area (Å²) in [5, 5.41) is 0. The maximum Gasteiger partial charge on any atom is 0.0669 e. The van der Waals surface area contributed by atoms with Gasteiger partial charge in [0, 0.05) is 25.7 Å². The maximum absolute atomic E-state index is 5.29. The summed E-state index contributed by atoms with van der Waals surface area (Å²) >= 11 is 0. The first-order valence-electron chi connectivity index (χ1n) is 11.9. The number of rotatable bonds is 8. The molecule has 0 aliphatic rings. The third-order valence-corrected chi connectivity index (χ3v) is 6.06. The van der Waals surface area contributed by atoms with Crippen LogP contribution in [0.25, 0.3) is 0 Å². The van der Waals surface area contributed by atoms with E-state index in [0.717, 1.165) is 48.5 Å². The first-order valence-corrected chi connectivity index (χ1v) is 11.9. The Kier molecular flexibility index (Phi) is 6.87. The minimum absolute atomic E-state index is 0.781. The Labute approximate surface area is 202 Å². The maximum atomic E-state index is 5.29. The number of aromatic nitrogens is 2. The Balaban J connectivity index is 1.59. The van der Waals surface area contributed by atoms with Crippen molar-refractivity contribution >= 4 is 0 Å². The van der Waals surface area contributed by atoms with Crippen LogP contribution >= 0.6 is 0 Å². The molecule has 5 rings (SSSR count). The van der Waals surface area contributed by atoms with Gasteiger partial charge >= 0.3 is 0 Å². The fourth-order valence-electron chi connectivity index (χ4n) is 4.31. The van der Waals surface area contributed by atoms with E-state index in [1.165, 1.54) is 22.3 Å². The topological polar surface area (TPSA) is 25.8 Å². The second-order valence-electron chi connectivity index (χ2n) is 8.66. The molecule has 0 spiro atoms. The van der Waals surface area contributed by atoms with Gasteiger partial charge in [-0.2, -0.15) is 0 Å². The van der Waals surface area contributed by atoms with Gasteiger partial charge in [-0.05, 0) is 22.3 Å². The summed E-state index contributed by atoms with van der Waals surface area (Å²) in [5.41, 5.74) is 9.30. The molecule has 0 saturated carbocycles. The molecular formula is C32H28N2. The largest absolute Gasteiger partial charge is 0.253 e. The van der Waals surface area contributed by atoms with Gasteiger partial charge in [-0.15, -0.1) is 0 Å². The summed E-state index contributed by atoms with van der Waals surface area (Å²) in [6, 6.07) is 42.3. The van der Waals surface area contributed by atoms with Crippen molar-refractivity contribution in [3.05, 3.63) is 166 Å². The van der Waals surface area contributed by atoms with Gasteiger partial charge in [-0.1, -0.05) is 121 Å². The monoisotopic (exact) mass is 440 g/mol. The van der Waals surface area contributed by atoms with E-state index in [0.29, 0.717) is 0 Å². The summed E-state index contributed by atoms with van der Waals surface area (Å²) in [4.78, 5) is 10.6. The Bertz CT molecular complexity index is 1110. The lowest BCUT2D eigenvalue weighted by molar-refractivity contribution is 0.846. The average molecular weight is 441 g/mol. The molecule has 1 aromatic heterocycles. The van der Waals surface area contributed by atoms with Gasteiger partial charge in [0.05, 0.1) is 22.8 Å². The predicted molar refractivity (Wildman–Crippen MR) is 139 cm³/mol. The van der Waals surface area contributed by atoms with Crippen LogP contribution in [0.4, 0.5) is 0 Å². The zero-order valence-electron chi connectivity index (χ0n) is 19.3. The molecule has 0 aliphatic carbocycles. The van der Waals surface area contributed by atoms with Crippen LogP contribution in [0.1, 0.15) is 45.0 Å². The summed E-state index contributed by atoms with van der Waals surface area (Å²) in [6.45, 7) is 0.